The normalized spacial score (nSPS) is 17.0. The number of hydrogen-bond donors (Lipinski definition) is 1. The van der Waals surface area contributed by atoms with Gasteiger partial charge in [0.15, 0.2) is 0 Å². The summed E-state index contributed by atoms with van der Waals surface area (Å²) >= 11 is 6.53. The van der Waals surface area contributed by atoms with E-state index in [1.54, 1.807) is 27.6 Å². The Morgan fingerprint density at radius 1 is 1.10 bits per heavy atom. The van der Waals surface area contributed by atoms with Crippen LogP contribution in [0.15, 0.2) is 47.8 Å². The molecule has 0 radical (unpaired) electrons. The van der Waals surface area contributed by atoms with E-state index in [-0.39, 0.29) is 5.56 Å². The molecule has 7 heteroatoms. The quantitative estimate of drug-likeness (QED) is 0.650. The van der Waals surface area contributed by atoms with Gasteiger partial charge in [0.1, 0.15) is 0 Å². The van der Waals surface area contributed by atoms with E-state index >= 15 is 0 Å². The molecule has 0 amide bonds. The summed E-state index contributed by atoms with van der Waals surface area (Å²) < 4.78 is 3.55. The van der Waals surface area contributed by atoms with E-state index in [1.165, 1.54) is 38.5 Å². The first-order valence-corrected chi connectivity index (χ1v) is 10.7. The molecule has 0 saturated heterocycles. The van der Waals surface area contributed by atoms with Gasteiger partial charge in [0.2, 0.25) is 0 Å². The molecule has 2 aliphatic carbocycles. The maximum atomic E-state index is 12.1. The lowest BCUT2D eigenvalue weighted by Gasteiger charge is -2.14. The molecular formula is C22H24ClN5O. The van der Waals surface area contributed by atoms with Gasteiger partial charge in [0, 0.05) is 36.6 Å². The van der Waals surface area contributed by atoms with Gasteiger partial charge < -0.3 is 9.88 Å². The van der Waals surface area contributed by atoms with Crippen LogP contribution in [0.4, 0.5) is 5.69 Å². The smallest absolute Gasteiger partial charge is 0.250 e. The van der Waals surface area contributed by atoms with Crippen LogP contribution in [-0.4, -0.2) is 25.4 Å². The van der Waals surface area contributed by atoms with E-state index in [2.05, 4.69) is 15.4 Å². The van der Waals surface area contributed by atoms with E-state index in [9.17, 15) is 4.79 Å². The first kappa shape index (κ1) is 18.4. The van der Waals surface area contributed by atoms with Crippen molar-refractivity contribution in [3.63, 3.8) is 0 Å². The standard InChI is InChI=1S/C22H24ClN5O/c23-20-9-18(26-17-3-1-2-4-17)11-24-22(20)16-10-25-28(13-16)19-7-8-21(29)27(14-19)12-15-5-6-15/h7-11,13-15,17,26H,1-6,12H2. The number of aromatic nitrogens is 4. The molecule has 5 rings (SSSR count). The second-order valence-corrected chi connectivity index (χ2v) is 8.58. The lowest BCUT2D eigenvalue weighted by Crippen LogP contribution is -2.20. The van der Waals surface area contributed by atoms with Gasteiger partial charge in [-0.05, 0) is 43.7 Å². The fourth-order valence-corrected chi connectivity index (χ4v) is 4.27. The molecule has 0 bridgehead atoms. The monoisotopic (exact) mass is 409 g/mol. The highest BCUT2D eigenvalue weighted by Gasteiger charge is 2.22. The van der Waals surface area contributed by atoms with Crippen LogP contribution in [0.1, 0.15) is 38.5 Å². The van der Waals surface area contributed by atoms with Gasteiger partial charge >= 0.3 is 0 Å². The van der Waals surface area contributed by atoms with Crippen molar-refractivity contribution >= 4 is 17.3 Å². The van der Waals surface area contributed by atoms with Crippen molar-refractivity contribution in [1.82, 2.24) is 19.3 Å². The minimum absolute atomic E-state index is 0.0306. The third-order valence-electron chi connectivity index (χ3n) is 5.81. The van der Waals surface area contributed by atoms with Crippen molar-refractivity contribution < 1.29 is 0 Å². The van der Waals surface area contributed by atoms with Crippen LogP contribution in [0.2, 0.25) is 5.02 Å². The molecule has 29 heavy (non-hydrogen) atoms. The van der Waals surface area contributed by atoms with Crippen LogP contribution in [0, 0.1) is 5.92 Å². The number of rotatable bonds is 6. The van der Waals surface area contributed by atoms with Crippen LogP contribution < -0.4 is 10.9 Å². The van der Waals surface area contributed by atoms with Crippen LogP contribution in [0.5, 0.6) is 0 Å². The number of pyridine rings is 2. The van der Waals surface area contributed by atoms with Crippen molar-refractivity contribution in [1.29, 1.82) is 0 Å². The summed E-state index contributed by atoms with van der Waals surface area (Å²) in [6.07, 6.45) is 14.8. The number of nitrogens with zero attached hydrogens (tertiary/aromatic N) is 4. The van der Waals surface area contributed by atoms with E-state index in [4.69, 9.17) is 11.6 Å². The third kappa shape index (κ3) is 4.08. The molecule has 1 N–H and O–H groups in total. The van der Waals surface area contributed by atoms with Gasteiger partial charge in [0.25, 0.3) is 5.56 Å². The summed E-state index contributed by atoms with van der Waals surface area (Å²) in [4.78, 5) is 16.7. The highest BCUT2D eigenvalue weighted by atomic mass is 35.5. The molecule has 0 spiro atoms. The Balaban J connectivity index is 1.37. The lowest BCUT2D eigenvalue weighted by atomic mass is 10.2. The summed E-state index contributed by atoms with van der Waals surface area (Å²) in [6.45, 7) is 0.781. The minimum atomic E-state index is 0.0306. The van der Waals surface area contributed by atoms with Gasteiger partial charge in [-0.3, -0.25) is 9.78 Å². The second-order valence-electron chi connectivity index (χ2n) is 8.17. The van der Waals surface area contributed by atoms with Crippen LogP contribution >= 0.6 is 11.6 Å². The Morgan fingerprint density at radius 2 is 1.93 bits per heavy atom. The van der Waals surface area contributed by atoms with Crippen LogP contribution in [0.3, 0.4) is 0 Å². The topological polar surface area (TPSA) is 64.7 Å². The number of anilines is 1. The fraction of sp³-hybridized carbons (Fsp3) is 0.409. The largest absolute Gasteiger partial charge is 0.381 e. The van der Waals surface area contributed by atoms with Gasteiger partial charge in [-0.2, -0.15) is 5.10 Å². The van der Waals surface area contributed by atoms with Crippen molar-refractivity contribution in [2.45, 2.75) is 51.1 Å². The number of halogens is 1. The zero-order chi connectivity index (χ0) is 19.8. The zero-order valence-corrected chi connectivity index (χ0v) is 17.0. The molecule has 0 atom stereocenters. The summed E-state index contributed by atoms with van der Waals surface area (Å²) in [5.41, 5.74) is 3.41. The summed E-state index contributed by atoms with van der Waals surface area (Å²) in [5, 5.41) is 8.59. The Kier molecular flexibility index (Phi) is 4.87. The van der Waals surface area contributed by atoms with E-state index in [0.29, 0.717) is 22.7 Å². The Labute approximate surface area is 174 Å². The van der Waals surface area contributed by atoms with Crippen LogP contribution in [-0.2, 0) is 6.54 Å². The average molecular weight is 410 g/mol. The van der Waals surface area contributed by atoms with Gasteiger partial charge in [-0.25, -0.2) is 4.68 Å². The molecule has 0 aromatic carbocycles. The Morgan fingerprint density at radius 3 is 2.69 bits per heavy atom. The molecule has 2 fully saturated rings. The molecule has 0 unspecified atom stereocenters. The highest BCUT2D eigenvalue weighted by molar-refractivity contribution is 6.33. The average Bonchev–Trinajstić information content (AvgIpc) is 3.16. The van der Waals surface area contributed by atoms with Crippen molar-refractivity contribution in [2.24, 2.45) is 5.92 Å². The van der Waals surface area contributed by atoms with Gasteiger partial charge in [0.05, 0.1) is 34.5 Å². The van der Waals surface area contributed by atoms with Gasteiger partial charge in [-0.1, -0.05) is 24.4 Å². The van der Waals surface area contributed by atoms with Crippen molar-refractivity contribution in [2.75, 3.05) is 5.32 Å². The minimum Gasteiger partial charge on any atom is -0.381 e. The Bertz CT molecular complexity index is 1080. The molecule has 150 valence electrons. The Hall–Kier alpha value is -2.60. The van der Waals surface area contributed by atoms with Crippen molar-refractivity contribution in [3.8, 4) is 16.9 Å². The molecule has 6 nitrogen and oxygen atoms in total. The fourth-order valence-electron chi connectivity index (χ4n) is 4.00. The predicted octanol–water partition coefficient (Wildman–Crippen LogP) is 4.51. The van der Waals surface area contributed by atoms with E-state index in [1.807, 2.05) is 24.7 Å². The SMILES string of the molecule is O=c1ccc(-n2cc(-c3ncc(NC4CCCC4)cc3Cl)cn2)cn1CC1CC1. The van der Waals surface area contributed by atoms with Crippen molar-refractivity contribution in [3.05, 3.63) is 58.4 Å². The lowest BCUT2D eigenvalue weighted by molar-refractivity contribution is 0.603. The van der Waals surface area contributed by atoms with Crippen LogP contribution in [0.25, 0.3) is 16.9 Å². The highest BCUT2D eigenvalue weighted by Crippen LogP contribution is 2.31. The zero-order valence-electron chi connectivity index (χ0n) is 16.2. The summed E-state index contributed by atoms with van der Waals surface area (Å²) in [5.74, 6) is 0.635. The molecule has 3 aromatic rings. The first-order chi connectivity index (χ1) is 14.2. The molecular weight excluding hydrogens is 386 g/mol. The first-order valence-electron chi connectivity index (χ1n) is 10.3. The number of hydrogen-bond acceptors (Lipinski definition) is 4. The third-order valence-corrected chi connectivity index (χ3v) is 6.10. The second kappa shape index (κ2) is 7.67. The number of nitrogens with one attached hydrogen (secondary N) is 1. The molecule has 2 aliphatic rings. The molecule has 3 heterocycles. The predicted molar refractivity (Wildman–Crippen MR) is 115 cm³/mol. The van der Waals surface area contributed by atoms with E-state index in [0.717, 1.165) is 23.5 Å². The maximum Gasteiger partial charge on any atom is 0.250 e. The molecule has 2 saturated carbocycles. The maximum absolute atomic E-state index is 12.1. The molecule has 0 aliphatic heterocycles. The summed E-state index contributed by atoms with van der Waals surface area (Å²) in [6, 6.07) is 5.86. The van der Waals surface area contributed by atoms with E-state index < -0.39 is 0 Å². The summed E-state index contributed by atoms with van der Waals surface area (Å²) in [7, 11) is 0. The molecule has 3 aromatic heterocycles. The van der Waals surface area contributed by atoms with Gasteiger partial charge in [-0.15, -0.1) is 0 Å².